The van der Waals surface area contributed by atoms with E-state index in [1.807, 2.05) is 0 Å². The Morgan fingerprint density at radius 1 is 1.67 bits per heavy atom. The van der Waals surface area contributed by atoms with Crippen molar-refractivity contribution >= 4 is 27.4 Å². The molecule has 1 N–H and O–H groups in total. The maximum atomic E-state index is 11.2. The Labute approximate surface area is 89.8 Å². The first-order chi connectivity index (χ1) is 6.99. The lowest BCUT2D eigenvalue weighted by molar-refractivity contribution is -0.380. The van der Waals surface area contributed by atoms with Gasteiger partial charge in [-0.1, -0.05) is 5.57 Å². The molecule has 0 saturated carbocycles. The minimum absolute atomic E-state index is 0.0949. The Morgan fingerprint density at radius 3 is 2.80 bits per heavy atom. The number of thiazole rings is 1. The molecule has 1 aromatic heterocycles. The normalized spacial score (nSPS) is 9.47. The van der Waals surface area contributed by atoms with Crippen LogP contribution in [0.25, 0.3) is 0 Å². The molecule has 0 radical (unpaired) electrons. The molecule has 15 heavy (non-hydrogen) atoms. The number of hydrogen-bond donors (Lipinski definition) is 1. The third kappa shape index (κ3) is 3.47. The Balaban J connectivity index is 2.69. The number of rotatable bonds is 3. The van der Waals surface area contributed by atoms with Crippen molar-refractivity contribution in [1.29, 1.82) is 0 Å². The number of nitrogens with zero attached hydrogens (tertiary/aromatic N) is 2. The number of nitrogens with one attached hydrogen (secondary N) is 1. The van der Waals surface area contributed by atoms with Crippen LogP contribution in [-0.2, 0) is 4.79 Å². The van der Waals surface area contributed by atoms with Crippen LogP contribution in [0, 0.1) is 10.1 Å². The summed E-state index contributed by atoms with van der Waals surface area (Å²) in [6.45, 7) is 3.56. The first-order valence-electron chi connectivity index (χ1n) is 4.05. The minimum atomic E-state index is -0.547. The van der Waals surface area contributed by atoms with Gasteiger partial charge in [0, 0.05) is 6.08 Å². The number of allylic oxidation sites excluding steroid dienone is 1. The van der Waals surface area contributed by atoms with Crippen molar-refractivity contribution in [3.63, 3.8) is 0 Å². The molecule has 0 aromatic carbocycles. The molecule has 0 aliphatic rings. The van der Waals surface area contributed by atoms with Gasteiger partial charge in [0.2, 0.25) is 5.91 Å². The number of aromatic nitrogens is 1. The summed E-state index contributed by atoms with van der Waals surface area (Å²) in [4.78, 5) is 24.7. The van der Waals surface area contributed by atoms with Gasteiger partial charge in [-0.3, -0.25) is 20.2 Å². The van der Waals surface area contributed by atoms with Crippen molar-refractivity contribution in [2.24, 2.45) is 0 Å². The summed E-state index contributed by atoms with van der Waals surface area (Å²) in [5.41, 5.74) is 0.846. The van der Waals surface area contributed by atoms with Gasteiger partial charge in [0.25, 0.3) is 0 Å². The van der Waals surface area contributed by atoms with E-state index in [1.165, 1.54) is 6.08 Å². The van der Waals surface area contributed by atoms with Gasteiger partial charge in [-0.15, -0.1) is 0 Å². The molecule has 0 unspecified atom stereocenters. The van der Waals surface area contributed by atoms with Crippen LogP contribution < -0.4 is 5.32 Å². The number of hydrogen-bond acceptors (Lipinski definition) is 5. The Morgan fingerprint density at radius 2 is 2.33 bits per heavy atom. The minimum Gasteiger partial charge on any atom is -0.298 e. The molecule has 0 aliphatic heterocycles. The summed E-state index contributed by atoms with van der Waals surface area (Å²) in [6, 6.07) is 0. The molecule has 80 valence electrons. The number of carbonyl (C=O) groups excluding carboxylic acids is 1. The summed E-state index contributed by atoms with van der Waals surface area (Å²) in [7, 11) is 0. The molecular formula is C8H9N3O3S. The van der Waals surface area contributed by atoms with Crippen molar-refractivity contribution in [3.8, 4) is 0 Å². The molecule has 0 aliphatic carbocycles. The maximum Gasteiger partial charge on any atom is 0.345 e. The third-order valence-corrected chi connectivity index (χ3v) is 2.19. The first-order valence-corrected chi connectivity index (χ1v) is 4.87. The summed E-state index contributed by atoms with van der Waals surface area (Å²) in [5, 5.41) is 12.9. The van der Waals surface area contributed by atoms with E-state index in [4.69, 9.17) is 0 Å². The monoisotopic (exact) mass is 227 g/mol. The smallest absolute Gasteiger partial charge is 0.298 e. The summed E-state index contributed by atoms with van der Waals surface area (Å²) in [5.74, 6) is -0.334. The maximum absolute atomic E-state index is 11.2. The van der Waals surface area contributed by atoms with Gasteiger partial charge in [0.15, 0.2) is 5.13 Å². The second kappa shape index (κ2) is 4.65. The predicted octanol–water partition coefficient (Wildman–Crippen LogP) is 1.96. The van der Waals surface area contributed by atoms with E-state index in [2.05, 4.69) is 10.3 Å². The fourth-order valence-corrected chi connectivity index (χ4v) is 1.45. The fraction of sp³-hybridized carbons (Fsp3) is 0.250. The van der Waals surface area contributed by atoms with Crippen LogP contribution in [0.4, 0.5) is 10.1 Å². The molecule has 1 aromatic rings. The predicted molar refractivity (Wildman–Crippen MR) is 56.8 cm³/mol. The Hall–Kier alpha value is -1.76. The van der Waals surface area contributed by atoms with Gasteiger partial charge in [-0.25, -0.2) is 4.98 Å². The molecule has 1 rings (SSSR count). The second-order valence-corrected chi connectivity index (χ2v) is 3.98. The number of nitro groups is 1. The lowest BCUT2D eigenvalue weighted by Crippen LogP contribution is -2.07. The van der Waals surface area contributed by atoms with Crippen molar-refractivity contribution in [2.75, 3.05) is 5.32 Å². The third-order valence-electron chi connectivity index (χ3n) is 1.32. The van der Waals surface area contributed by atoms with Crippen LogP contribution in [-0.4, -0.2) is 15.8 Å². The highest BCUT2D eigenvalue weighted by Gasteiger charge is 2.12. The van der Waals surface area contributed by atoms with Gasteiger partial charge in [-0.2, -0.15) is 0 Å². The quantitative estimate of drug-likeness (QED) is 0.486. The average molecular weight is 227 g/mol. The molecule has 1 amide bonds. The highest BCUT2D eigenvalue weighted by atomic mass is 32.1. The van der Waals surface area contributed by atoms with Crippen LogP contribution in [0.15, 0.2) is 17.8 Å². The van der Waals surface area contributed by atoms with E-state index in [9.17, 15) is 14.9 Å². The number of anilines is 1. The van der Waals surface area contributed by atoms with Crippen molar-refractivity contribution in [2.45, 2.75) is 13.8 Å². The average Bonchev–Trinajstić information content (AvgIpc) is 2.50. The molecule has 0 saturated heterocycles. The van der Waals surface area contributed by atoms with Crippen molar-refractivity contribution < 1.29 is 9.72 Å². The largest absolute Gasteiger partial charge is 0.345 e. The zero-order valence-electron chi connectivity index (χ0n) is 8.18. The summed E-state index contributed by atoms with van der Waals surface area (Å²) in [6.07, 6.45) is 2.51. The zero-order chi connectivity index (χ0) is 11.4. The summed E-state index contributed by atoms with van der Waals surface area (Å²) >= 11 is 0.825. The van der Waals surface area contributed by atoms with Gasteiger partial charge in [-0.05, 0) is 25.2 Å². The Bertz CT molecular complexity index is 421. The number of amides is 1. The van der Waals surface area contributed by atoms with E-state index >= 15 is 0 Å². The van der Waals surface area contributed by atoms with Crippen LogP contribution in [0.5, 0.6) is 0 Å². The highest BCUT2D eigenvalue weighted by molar-refractivity contribution is 7.18. The molecule has 0 fully saturated rings. The standard InChI is InChI=1S/C8H9N3O3S/c1-5(2)3-6(12)10-8-9-4-7(15-8)11(13)14/h3-4H,1-2H3,(H,9,10,12). The van der Waals surface area contributed by atoms with E-state index < -0.39 is 4.92 Å². The topological polar surface area (TPSA) is 85.1 Å². The van der Waals surface area contributed by atoms with E-state index in [0.717, 1.165) is 23.1 Å². The van der Waals surface area contributed by atoms with Crippen molar-refractivity contribution in [1.82, 2.24) is 4.98 Å². The van der Waals surface area contributed by atoms with E-state index in [1.54, 1.807) is 13.8 Å². The van der Waals surface area contributed by atoms with Crippen LogP contribution in [0.3, 0.4) is 0 Å². The van der Waals surface area contributed by atoms with E-state index in [0.29, 0.717) is 0 Å². The van der Waals surface area contributed by atoms with E-state index in [-0.39, 0.29) is 16.0 Å². The fourth-order valence-electron chi connectivity index (χ4n) is 0.811. The molecule has 0 atom stereocenters. The second-order valence-electron chi connectivity index (χ2n) is 2.97. The van der Waals surface area contributed by atoms with Crippen LogP contribution in [0.2, 0.25) is 0 Å². The summed E-state index contributed by atoms with van der Waals surface area (Å²) < 4.78 is 0. The van der Waals surface area contributed by atoms with Crippen molar-refractivity contribution in [3.05, 3.63) is 28.0 Å². The lowest BCUT2D eigenvalue weighted by atomic mass is 10.3. The highest BCUT2D eigenvalue weighted by Crippen LogP contribution is 2.24. The molecule has 1 heterocycles. The zero-order valence-corrected chi connectivity index (χ0v) is 9.00. The van der Waals surface area contributed by atoms with Gasteiger partial charge >= 0.3 is 5.00 Å². The number of carbonyl (C=O) groups is 1. The molecular weight excluding hydrogens is 218 g/mol. The van der Waals surface area contributed by atoms with Gasteiger partial charge in [0.1, 0.15) is 6.20 Å². The van der Waals surface area contributed by atoms with Crippen LogP contribution >= 0.6 is 11.3 Å². The van der Waals surface area contributed by atoms with Crippen LogP contribution in [0.1, 0.15) is 13.8 Å². The molecule has 7 heteroatoms. The first kappa shape index (κ1) is 11.3. The SMILES string of the molecule is CC(C)=CC(=O)Nc1ncc([N+](=O)[O-])s1. The molecule has 0 bridgehead atoms. The van der Waals surface area contributed by atoms with Gasteiger partial charge in [0.05, 0.1) is 4.92 Å². The molecule has 6 nitrogen and oxygen atoms in total. The molecule has 0 spiro atoms. The van der Waals surface area contributed by atoms with Gasteiger partial charge < -0.3 is 0 Å². The Kier molecular flexibility index (Phi) is 3.51. The lowest BCUT2D eigenvalue weighted by Gasteiger charge is -1.94.